The first-order valence-corrected chi connectivity index (χ1v) is 6.74. The fourth-order valence-electron chi connectivity index (χ4n) is 2.94. The van der Waals surface area contributed by atoms with Gasteiger partial charge in [-0.05, 0) is 12.8 Å². The number of amides is 2. The number of benzene rings is 1. The molecule has 1 unspecified atom stereocenters. The summed E-state index contributed by atoms with van der Waals surface area (Å²) in [5, 5.41) is 0. The minimum atomic E-state index is -1.35. The van der Waals surface area contributed by atoms with Crippen LogP contribution in [0.25, 0.3) is 0 Å². The number of hydrogen-bond donors (Lipinski definition) is 0. The lowest BCUT2D eigenvalue weighted by Crippen LogP contribution is -2.44. The monoisotopic (exact) mass is 298 g/mol. The second-order valence-electron chi connectivity index (χ2n) is 5.21. The molecule has 1 aromatic carbocycles. The van der Waals surface area contributed by atoms with Gasteiger partial charge >= 0.3 is 0 Å². The molecule has 2 aliphatic heterocycles. The summed E-state index contributed by atoms with van der Waals surface area (Å²) >= 11 is 0. The maximum atomic E-state index is 13.9. The molecule has 0 aliphatic carbocycles. The Bertz CT molecular complexity index is 620. The van der Waals surface area contributed by atoms with Gasteiger partial charge in [-0.15, -0.1) is 0 Å². The Morgan fingerprint density at radius 3 is 2.62 bits per heavy atom. The zero-order valence-electron chi connectivity index (χ0n) is 11.1. The number of rotatable bonds is 1. The van der Waals surface area contributed by atoms with Gasteiger partial charge in [-0.2, -0.15) is 0 Å². The van der Waals surface area contributed by atoms with E-state index < -0.39 is 35.1 Å². The first kappa shape index (κ1) is 13.9. The van der Waals surface area contributed by atoms with Gasteiger partial charge in [0.1, 0.15) is 11.9 Å². The van der Waals surface area contributed by atoms with Crippen LogP contribution in [0.2, 0.25) is 0 Å². The number of halogens is 3. The van der Waals surface area contributed by atoms with E-state index in [0.29, 0.717) is 25.5 Å². The molecule has 2 aliphatic rings. The number of carbonyl (C=O) groups excluding carboxylic acids is 2. The van der Waals surface area contributed by atoms with Crippen LogP contribution in [-0.4, -0.2) is 35.8 Å². The maximum absolute atomic E-state index is 13.9. The van der Waals surface area contributed by atoms with E-state index in [0.717, 1.165) is 11.0 Å². The Hall–Kier alpha value is -2.05. The molecule has 7 heteroatoms. The van der Waals surface area contributed by atoms with E-state index in [1.807, 2.05) is 0 Å². The van der Waals surface area contributed by atoms with Crippen LogP contribution in [0.3, 0.4) is 0 Å². The van der Waals surface area contributed by atoms with E-state index in [9.17, 15) is 22.8 Å². The summed E-state index contributed by atoms with van der Waals surface area (Å²) < 4.78 is 40.5. The second-order valence-corrected chi connectivity index (χ2v) is 5.21. The Balaban J connectivity index is 2.02. The lowest BCUT2D eigenvalue weighted by Gasteiger charge is -2.25. The molecular weight excluding hydrogens is 285 g/mol. The molecule has 1 atom stereocenters. The van der Waals surface area contributed by atoms with Crippen molar-refractivity contribution >= 4 is 17.5 Å². The molecule has 0 bridgehead atoms. The third-order valence-corrected chi connectivity index (χ3v) is 3.94. The summed E-state index contributed by atoms with van der Waals surface area (Å²) in [5.74, 6) is -4.26. The van der Waals surface area contributed by atoms with Crippen molar-refractivity contribution in [2.24, 2.45) is 0 Å². The molecular formula is C14H13F3N2O2. The highest BCUT2D eigenvalue weighted by molar-refractivity contribution is 6.01. The van der Waals surface area contributed by atoms with Gasteiger partial charge in [0.25, 0.3) is 0 Å². The van der Waals surface area contributed by atoms with Crippen LogP contribution in [0.1, 0.15) is 19.3 Å². The smallest absolute Gasteiger partial charge is 0.249 e. The molecule has 0 radical (unpaired) electrons. The summed E-state index contributed by atoms with van der Waals surface area (Å²) in [6, 6.07) is 0.547. The van der Waals surface area contributed by atoms with E-state index in [4.69, 9.17) is 0 Å². The van der Waals surface area contributed by atoms with Crippen molar-refractivity contribution in [3.63, 3.8) is 0 Å². The summed E-state index contributed by atoms with van der Waals surface area (Å²) in [6.45, 7) is 0.410. The number of fused-ring (bicyclic) bond motifs is 1. The molecule has 0 N–H and O–H groups in total. The average Bonchev–Trinajstić information content (AvgIpc) is 2.89. The third-order valence-electron chi connectivity index (χ3n) is 3.94. The topological polar surface area (TPSA) is 40.6 Å². The Morgan fingerprint density at radius 1 is 1.10 bits per heavy atom. The Kier molecular flexibility index (Phi) is 3.35. The molecule has 2 fully saturated rings. The molecule has 0 spiro atoms. The van der Waals surface area contributed by atoms with Crippen LogP contribution in [0, 0.1) is 17.5 Å². The quantitative estimate of drug-likeness (QED) is 0.742. The van der Waals surface area contributed by atoms with Crippen molar-refractivity contribution < 1.29 is 22.8 Å². The van der Waals surface area contributed by atoms with Gasteiger partial charge in [-0.3, -0.25) is 9.59 Å². The van der Waals surface area contributed by atoms with Crippen molar-refractivity contribution in [1.29, 1.82) is 0 Å². The predicted molar refractivity (Wildman–Crippen MR) is 68.0 cm³/mol. The highest BCUT2D eigenvalue weighted by Gasteiger charge is 2.40. The van der Waals surface area contributed by atoms with Crippen molar-refractivity contribution in [1.82, 2.24) is 4.90 Å². The van der Waals surface area contributed by atoms with Gasteiger partial charge in [0.2, 0.25) is 11.8 Å². The lowest BCUT2D eigenvalue weighted by molar-refractivity contribution is -0.135. The number of hydrogen-bond acceptors (Lipinski definition) is 2. The van der Waals surface area contributed by atoms with Crippen molar-refractivity contribution in [2.45, 2.75) is 25.3 Å². The Morgan fingerprint density at radius 2 is 1.86 bits per heavy atom. The number of carbonyl (C=O) groups is 2. The first-order valence-electron chi connectivity index (χ1n) is 6.74. The summed E-state index contributed by atoms with van der Waals surface area (Å²) in [6.07, 6.45) is 1.19. The van der Waals surface area contributed by atoms with E-state index >= 15 is 0 Å². The normalized spacial score (nSPS) is 22.5. The van der Waals surface area contributed by atoms with E-state index in [1.54, 1.807) is 0 Å². The Labute approximate surface area is 119 Å². The van der Waals surface area contributed by atoms with E-state index in [2.05, 4.69) is 0 Å². The molecule has 2 amide bonds. The highest BCUT2D eigenvalue weighted by Crippen LogP contribution is 2.29. The summed E-state index contributed by atoms with van der Waals surface area (Å²) in [4.78, 5) is 26.9. The van der Waals surface area contributed by atoms with Crippen LogP contribution in [0.4, 0.5) is 18.9 Å². The van der Waals surface area contributed by atoms with Gasteiger partial charge in [0.15, 0.2) is 11.6 Å². The van der Waals surface area contributed by atoms with Crippen LogP contribution in [0.5, 0.6) is 0 Å². The van der Waals surface area contributed by atoms with Crippen LogP contribution in [-0.2, 0) is 9.59 Å². The van der Waals surface area contributed by atoms with Gasteiger partial charge in [-0.25, -0.2) is 13.2 Å². The van der Waals surface area contributed by atoms with Crippen molar-refractivity contribution in [3.05, 3.63) is 29.6 Å². The molecule has 21 heavy (non-hydrogen) atoms. The molecule has 2 saturated heterocycles. The lowest BCUT2D eigenvalue weighted by atomic mass is 10.1. The molecule has 2 heterocycles. The van der Waals surface area contributed by atoms with Crippen LogP contribution in [0.15, 0.2) is 12.1 Å². The van der Waals surface area contributed by atoms with Gasteiger partial charge < -0.3 is 9.80 Å². The van der Waals surface area contributed by atoms with Gasteiger partial charge in [0.05, 0.1) is 5.69 Å². The summed E-state index contributed by atoms with van der Waals surface area (Å²) in [7, 11) is 0. The molecule has 0 saturated carbocycles. The molecule has 112 valence electrons. The first-order chi connectivity index (χ1) is 9.99. The van der Waals surface area contributed by atoms with Crippen molar-refractivity contribution in [3.8, 4) is 0 Å². The van der Waals surface area contributed by atoms with Crippen molar-refractivity contribution in [2.75, 3.05) is 18.0 Å². The van der Waals surface area contributed by atoms with Gasteiger partial charge in [-0.1, -0.05) is 0 Å². The second kappa shape index (κ2) is 5.05. The zero-order valence-corrected chi connectivity index (χ0v) is 11.1. The average molecular weight is 298 g/mol. The van der Waals surface area contributed by atoms with E-state index in [1.165, 1.54) is 4.90 Å². The minimum Gasteiger partial charge on any atom is -0.331 e. The fraction of sp³-hybridized carbons (Fsp3) is 0.429. The zero-order chi connectivity index (χ0) is 15.1. The SMILES string of the molecule is O=C1C2CCCN2C(=O)CCN1c1cc(F)cc(F)c1F. The van der Waals surface area contributed by atoms with E-state index in [-0.39, 0.29) is 18.9 Å². The predicted octanol–water partition coefficient (Wildman–Crippen LogP) is 1.83. The molecule has 4 nitrogen and oxygen atoms in total. The van der Waals surface area contributed by atoms with Gasteiger partial charge in [0, 0.05) is 31.6 Å². The number of anilines is 1. The molecule has 3 rings (SSSR count). The fourth-order valence-corrected chi connectivity index (χ4v) is 2.94. The van der Waals surface area contributed by atoms with Crippen LogP contribution < -0.4 is 4.90 Å². The minimum absolute atomic E-state index is 0.0137. The standard InChI is InChI=1S/C14H13F3N2O2/c15-8-6-9(16)13(17)11(7-8)19-5-3-12(20)18-4-1-2-10(18)14(19)21/h6-7,10H,1-5H2. The third kappa shape index (κ3) is 2.26. The summed E-state index contributed by atoms with van der Waals surface area (Å²) in [5.41, 5.74) is -0.445. The van der Waals surface area contributed by atoms with Crippen LogP contribution >= 0.6 is 0 Å². The largest absolute Gasteiger partial charge is 0.331 e. The maximum Gasteiger partial charge on any atom is 0.249 e. The highest BCUT2D eigenvalue weighted by atomic mass is 19.2. The number of nitrogens with zero attached hydrogens (tertiary/aromatic N) is 2. The molecule has 1 aromatic rings. The molecule has 0 aromatic heterocycles.